The average molecular weight is 304 g/mol. The molecule has 1 fully saturated rings. The zero-order valence-corrected chi connectivity index (χ0v) is 13.7. The first-order chi connectivity index (χ1) is 10.5. The normalized spacial score (nSPS) is 17.5. The molecule has 1 heterocycles. The zero-order chi connectivity index (χ0) is 15.9. The lowest BCUT2D eigenvalue weighted by Gasteiger charge is -2.26. The Morgan fingerprint density at radius 1 is 1.27 bits per heavy atom. The van der Waals surface area contributed by atoms with Crippen molar-refractivity contribution in [3.63, 3.8) is 0 Å². The van der Waals surface area contributed by atoms with E-state index in [0.717, 1.165) is 25.3 Å². The summed E-state index contributed by atoms with van der Waals surface area (Å²) < 4.78 is 0. The molecule has 0 saturated carbocycles. The van der Waals surface area contributed by atoms with E-state index < -0.39 is 6.10 Å². The molecule has 1 aromatic carbocycles. The van der Waals surface area contributed by atoms with E-state index in [-0.39, 0.29) is 18.2 Å². The van der Waals surface area contributed by atoms with E-state index in [2.05, 4.69) is 16.3 Å². The summed E-state index contributed by atoms with van der Waals surface area (Å²) in [5.74, 6) is -0.0347. The summed E-state index contributed by atoms with van der Waals surface area (Å²) in [6.45, 7) is 7.10. The van der Waals surface area contributed by atoms with Gasteiger partial charge in [-0.25, -0.2) is 0 Å². The lowest BCUT2D eigenvalue weighted by atomic mass is 10.0. The lowest BCUT2D eigenvalue weighted by molar-refractivity contribution is -0.118. The second-order valence-electron chi connectivity index (χ2n) is 6.60. The minimum Gasteiger partial charge on any atom is -0.392 e. The van der Waals surface area contributed by atoms with Gasteiger partial charge < -0.3 is 10.4 Å². The first-order valence-corrected chi connectivity index (χ1v) is 8.34. The number of nitrogens with zero attached hydrogens (tertiary/aromatic N) is 1. The molecule has 122 valence electrons. The summed E-state index contributed by atoms with van der Waals surface area (Å²) in [7, 11) is 0. The van der Waals surface area contributed by atoms with Crippen molar-refractivity contribution in [2.24, 2.45) is 5.92 Å². The molecule has 4 heteroatoms. The molecule has 1 aromatic rings. The number of carbonyl (C=O) groups is 1. The summed E-state index contributed by atoms with van der Waals surface area (Å²) in [4.78, 5) is 14.4. The molecular weight excluding hydrogens is 276 g/mol. The van der Waals surface area contributed by atoms with Crippen LogP contribution in [0.4, 0.5) is 5.69 Å². The van der Waals surface area contributed by atoms with Crippen LogP contribution in [0.25, 0.3) is 0 Å². The summed E-state index contributed by atoms with van der Waals surface area (Å²) in [5, 5.41) is 12.7. The van der Waals surface area contributed by atoms with Crippen LogP contribution in [0.15, 0.2) is 24.3 Å². The molecule has 1 atom stereocenters. The van der Waals surface area contributed by atoms with Gasteiger partial charge in [-0.15, -0.1) is 0 Å². The minimum absolute atomic E-state index is 0.0937. The van der Waals surface area contributed by atoms with Crippen LogP contribution >= 0.6 is 0 Å². The fourth-order valence-corrected chi connectivity index (χ4v) is 2.76. The molecule has 0 radical (unpaired) electrons. The number of amides is 1. The number of aliphatic hydroxyl groups is 1. The van der Waals surface area contributed by atoms with Crippen molar-refractivity contribution in [3.8, 4) is 0 Å². The van der Waals surface area contributed by atoms with Crippen LogP contribution < -0.4 is 5.32 Å². The van der Waals surface area contributed by atoms with Gasteiger partial charge in [-0.1, -0.05) is 32.4 Å². The highest BCUT2D eigenvalue weighted by Gasteiger charge is 2.15. The third-order valence-corrected chi connectivity index (χ3v) is 4.23. The van der Waals surface area contributed by atoms with E-state index in [1.54, 1.807) is 0 Å². The van der Waals surface area contributed by atoms with Gasteiger partial charge in [0.25, 0.3) is 0 Å². The Morgan fingerprint density at radius 2 is 2.00 bits per heavy atom. The molecule has 22 heavy (non-hydrogen) atoms. The Hall–Kier alpha value is -1.39. The second kappa shape index (κ2) is 8.30. The summed E-state index contributed by atoms with van der Waals surface area (Å²) in [5.41, 5.74) is 2.04. The van der Waals surface area contributed by atoms with E-state index in [1.165, 1.54) is 24.8 Å². The van der Waals surface area contributed by atoms with Gasteiger partial charge in [-0.2, -0.15) is 0 Å². The molecule has 1 aliphatic rings. The van der Waals surface area contributed by atoms with Crippen LogP contribution in [0.1, 0.15) is 45.1 Å². The predicted molar refractivity (Wildman–Crippen MR) is 89.7 cm³/mol. The van der Waals surface area contributed by atoms with E-state index >= 15 is 0 Å². The molecular formula is C18H28N2O2. The van der Waals surface area contributed by atoms with Gasteiger partial charge in [0, 0.05) is 12.2 Å². The largest absolute Gasteiger partial charge is 0.392 e. The SMILES string of the molecule is CC(C)C(O)CC(=O)Nc1cccc(CN2CCCCC2)c1. The number of piperidine rings is 1. The third-order valence-electron chi connectivity index (χ3n) is 4.23. The number of rotatable bonds is 6. The van der Waals surface area contributed by atoms with E-state index in [4.69, 9.17) is 0 Å². The monoisotopic (exact) mass is 304 g/mol. The maximum absolute atomic E-state index is 11.9. The molecule has 1 amide bonds. The van der Waals surface area contributed by atoms with Gasteiger partial charge in [0.05, 0.1) is 12.5 Å². The maximum Gasteiger partial charge on any atom is 0.226 e. The Labute approximate surface area is 133 Å². The molecule has 1 aliphatic heterocycles. The number of aliphatic hydroxyl groups excluding tert-OH is 1. The van der Waals surface area contributed by atoms with Crippen LogP contribution in [-0.2, 0) is 11.3 Å². The number of anilines is 1. The quantitative estimate of drug-likeness (QED) is 0.849. The van der Waals surface area contributed by atoms with Crippen LogP contribution in [0.3, 0.4) is 0 Å². The van der Waals surface area contributed by atoms with Crippen molar-refractivity contribution >= 4 is 11.6 Å². The molecule has 2 N–H and O–H groups in total. The number of carbonyl (C=O) groups excluding carboxylic acids is 1. The smallest absolute Gasteiger partial charge is 0.226 e. The van der Waals surface area contributed by atoms with Gasteiger partial charge in [-0.05, 0) is 49.5 Å². The minimum atomic E-state index is -0.587. The number of hydrogen-bond acceptors (Lipinski definition) is 3. The molecule has 0 aromatic heterocycles. The topological polar surface area (TPSA) is 52.6 Å². The fourth-order valence-electron chi connectivity index (χ4n) is 2.76. The molecule has 1 saturated heterocycles. The van der Waals surface area contributed by atoms with Crippen molar-refractivity contribution in [1.29, 1.82) is 0 Å². The van der Waals surface area contributed by atoms with Gasteiger partial charge in [-0.3, -0.25) is 9.69 Å². The van der Waals surface area contributed by atoms with Crippen molar-refractivity contribution in [1.82, 2.24) is 4.90 Å². The third kappa shape index (κ3) is 5.43. The zero-order valence-electron chi connectivity index (χ0n) is 13.7. The van der Waals surface area contributed by atoms with Crippen LogP contribution in [0.5, 0.6) is 0 Å². The summed E-state index contributed by atoms with van der Waals surface area (Å²) >= 11 is 0. The van der Waals surface area contributed by atoms with Crippen LogP contribution in [0.2, 0.25) is 0 Å². The first-order valence-electron chi connectivity index (χ1n) is 8.34. The summed E-state index contributed by atoms with van der Waals surface area (Å²) in [6.07, 6.45) is 3.46. The Kier molecular flexibility index (Phi) is 6.40. The van der Waals surface area contributed by atoms with Crippen molar-refractivity contribution < 1.29 is 9.90 Å². The Bertz CT molecular complexity index is 482. The van der Waals surface area contributed by atoms with Crippen molar-refractivity contribution in [2.75, 3.05) is 18.4 Å². The highest BCUT2D eigenvalue weighted by atomic mass is 16.3. The molecule has 1 unspecified atom stereocenters. The fraction of sp³-hybridized carbons (Fsp3) is 0.611. The van der Waals surface area contributed by atoms with Gasteiger partial charge in [0.2, 0.25) is 5.91 Å². The molecule has 4 nitrogen and oxygen atoms in total. The van der Waals surface area contributed by atoms with Gasteiger partial charge in [0.15, 0.2) is 0 Å². The Balaban J connectivity index is 1.89. The first kappa shape index (κ1) is 17.0. The standard InChI is InChI=1S/C18H28N2O2/c1-14(2)17(21)12-18(22)19-16-8-6-7-15(11-16)13-20-9-4-3-5-10-20/h6-8,11,14,17,21H,3-5,9-10,12-13H2,1-2H3,(H,19,22). The number of benzene rings is 1. The predicted octanol–water partition coefficient (Wildman–Crippen LogP) is 3.02. The van der Waals surface area contributed by atoms with E-state index in [9.17, 15) is 9.90 Å². The Morgan fingerprint density at radius 3 is 2.68 bits per heavy atom. The average Bonchev–Trinajstić information content (AvgIpc) is 2.48. The van der Waals surface area contributed by atoms with Crippen LogP contribution in [-0.4, -0.2) is 35.1 Å². The molecule has 0 bridgehead atoms. The van der Waals surface area contributed by atoms with Crippen molar-refractivity contribution in [2.45, 2.75) is 52.2 Å². The highest BCUT2D eigenvalue weighted by Crippen LogP contribution is 2.17. The van der Waals surface area contributed by atoms with Gasteiger partial charge in [0.1, 0.15) is 0 Å². The molecule has 0 aliphatic carbocycles. The maximum atomic E-state index is 11.9. The number of likely N-dealkylation sites (tertiary alicyclic amines) is 1. The highest BCUT2D eigenvalue weighted by molar-refractivity contribution is 5.91. The summed E-state index contributed by atoms with van der Waals surface area (Å²) in [6, 6.07) is 8.02. The molecule has 0 spiro atoms. The van der Waals surface area contributed by atoms with Crippen LogP contribution in [0, 0.1) is 5.92 Å². The van der Waals surface area contributed by atoms with Gasteiger partial charge >= 0.3 is 0 Å². The number of nitrogens with one attached hydrogen (secondary N) is 1. The van der Waals surface area contributed by atoms with Crippen molar-refractivity contribution in [3.05, 3.63) is 29.8 Å². The second-order valence-corrected chi connectivity index (χ2v) is 6.60. The molecule has 2 rings (SSSR count). The van der Waals surface area contributed by atoms with E-state index in [1.807, 2.05) is 32.0 Å². The van der Waals surface area contributed by atoms with E-state index in [0.29, 0.717) is 0 Å². The lowest BCUT2D eigenvalue weighted by Crippen LogP contribution is -2.29. The number of hydrogen-bond donors (Lipinski definition) is 2.